The molecule has 1 N–H and O–H groups in total. The van der Waals surface area contributed by atoms with E-state index in [2.05, 4.69) is 5.32 Å². The first-order valence-corrected chi connectivity index (χ1v) is 8.49. The summed E-state index contributed by atoms with van der Waals surface area (Å²) < 4.78 is 7.05. The van der Waals surface area contributed by atoms with Gasteiger partial charge in [-0.25, -0.2) is 0 Å². The molecule has 3 rings (SSSR count). The number of rotatable bonds is 5. The summed E-state index contributed by atoms with van der Waals surface area (Å²) in [4.78, 5) is 12.4. The van der Waals surface area contributed by atoms with Gasteiger partial charge in [0.25, 0.3) is 5.91 Å². The van der Waals surface area contributed by atoms with Crippen molar-refractivity contribution in [3.63, 3.8) is 0 Å². The van der Waals surface area contributed by atoms with Crippen molar-refractivity contribution < 1.29 is 9.53 Å². The molecule has 0 bridgehead atoms. The van der Waals surface area contributed by atoms with E-state index < -0.39 is 5.91 Å². The number of nitriles is 1. The molecule has 2 aromatic carbocycles. The van der Waals surface area contributed by atoms with Crippen LogP contribution in [-0.4, -0.2) is 17.6 Å². The molecule has 0 atom stereocenters. The van der Waals surface area contributed by atoms with Crippen LogP contribution in [0, 0.1) is 11.3 Å². The summed E-state index contributed by atoms with van der Waals surface area (Å²) in [5.41, 5.74) is 2.17. The lowest BCUT2D eigenvalue weighted by molar-refractivity contribution is -0.112. The second kappa shape index (κ2) is 8.26. The summed E-state index contributed by atoms with van der Waals surface area (Å²) >= 11 is 5.84. The SMILES string of the molecule is COc1ccc(-n2cccc2/C=C(/C#N)C(=O)Nc2ccc(Cl)cc2)cc1. The average Bonchev–Trinajstić information content (AvgIpc) is 3.16. The van der Waals surface area contributed by atoms with Crippen LogP contribution in [-0.2, 0) is 4.79 Å². The number of nitrogens with zero attached hydrogens (tertiary/aromatic N) is 2. The molecule has 0 fully saturated rings. The minimum atomic E-state index is -0.484. The zero-order chi connectivity index (χ0) is 19.2. The highest BCUT2D eigenvalue weighted by Gasteiger charge is 2.11. The number of carbonyl (C=O) groups excluding carboxylic acids is 1. The van der Waals surface area contributed by atoms with E-state index in [1.165, 1.54) is 0 Å². The van der Waals surface area contributed by atoms with Gasteiger partial charge in [0.05, 0.1) is 7.11 Å². The van der Waals surface area contributed by atoms with Gasteiger partial charge in [0.2, 0.25) is 0 Å². The molecule has 1 aromatic heterocycles. The van der Waals surface area contributed by atoms with Gasteiger partial charge in [0, 0.05) is 28.3 Å². The highest BCUT2D eigenvalue weighted by molar-refractivity contribution is 6.30. The Bertz CT molecular complexity index is 1010. The number of anilines is 1. The molecule has 134 valence electrons. The maximum atomic E-state index is 12.4. The first kappa shape index (κ1) is 18.3. The van der Waals surface area contributed by atoms with Gasteiger partial charge in [-0.05, 0) is 66.7 Å². The molecular weight excluding hydrogens is 362 g/mol. The maximum absolute atomic E-state index is 12.4. The predicted molar refractivity (Wildman–Crippen MR) is 106 cm³/mol. The van der Waals surface area contributed by atoms with Crippen LogP contribution in [0.3, 0.4) is 0 Å². The number of nitrogens with one attached hydrogen (secondary N) is 1. The molecule has 1 heterocycles. The van der Waals surface area contributed by atoms with Gasteiger partial charge < -0.3 is 14.6 Å². The van der Waals surface area contributed by atoms with Gasteiger partial charge in [-0.3, -0.25) is 4.79 Å². The van der Waals surface area contributed by atoms with Gasteiger partial charge in [0.1, 0.15) is 17.4 Å². The Labute approximate surface area is 162 Å². The molecule has 0 aliphatic heterocycles. The van der Waals surface area contributed by atoms with Gasteiger partial charge in [-0.1, -0.05) is 11.6 Å². The lowest BCUT2D eigenvalue weighted by Crippen LogP contribution is -2.13. The van der Waals surface area contributed by atoms with Gasteiger partial charge in [-0.2, -0.15) is 5.26 Å². The first-order valence-electron chi connectivity index (χ1n) is 8.11. The van der Waals surface area contributed by atoms with E-state index in [0.29, 0.717) is 16.4 Å². The summed E-state index contributed by atoms with van der Waals surface area (Å²) in [6.07, 6.45) is 3.41. The van der Waals surface area contributed by atoms with Gasteiger partial charge in [0.15, 0.2) is 0 Å². The number of benzene rings is 2. The zero-order valence-corrected chi connectivity index (χ0v) is 15.3. The van der Waals surface area contributed by atoms with Crippen molar-refractivity contribution >= 4 is 29.3 Å². The van der Waals surface area contributed by atoms with Crippen LogP contribution < -0.4 is 10.1 Å². The van der Waals surface area contributed by atoms with E-state index >= 15 is 0 Å². The van der Waals surface area contributed by atoms with Crippen molar-refractivity contribution in [1.82, 2.24) is 4.57 Å². The van der Waals surface area contributed by atoms with E-state index in [0.717, 1.165) is 11.4 Å². The Kier molecular flexibility index (Phi) is 5.60. The summed E-state index contributed by atoms with van der Waals surface area (Å²) in [5.74, 6) is 0.269. The lowest BCUT2D eigenvalue weighted by Gasteiger charge is -2.09. The fourth-order valence-corrected chi connectivity index (χ4v) is 2.64. The van der Waals surface area contributed by atoms with Crippen LogP contribution in [0.1, 0.15) is 5.69 Å². The van der Waals surface area contributed by atoms with Crippen molar-refractivity contribution in [3.8, 4) is 17.5 Å². The van der Waals surface area contributed by atoms with Crippen molar-refractivity contribution in [2.24, 2.45) is 0 Å². The van der Waals surface area contributed by atoms with Crippen molar-refractivity contribution in [1.29, 1.82) is 5.26 Å². The number of aromatic nitrogens is 1. The number of amides is 1. The van der Waals surface area contributed by atoms with E-state index in [1.807, 2.05) is 53.2 Å². The van der Waals surface area contributed by atoms with Crippen LogP contribution in [0.25, 0.3) is 11.8 Å². The average molecular weight is 378 g/mol. The monoisotopic (exact) mass is 377 g/mol. The Morgan fingerprint density at radius 3 is 2.48 bits per heavy atom. The molecular formula is C21H16ClN3O2. The summed E-state index contributed by atoms with van der Waals surface area (Å²) in [6, 6.07) is 19.8. The highest BCUT2D eigenvalue weighted by Crippen LogP contribution is 2.20. The molecule has 0 radical (unpaired) electrons. The van der Waals surface area contributed by atoms with Crippen LogP contribution in [0.4, 0.5) is 5.69 Å². The first-order chi connectivity index (χ1) is 13.1. The fraction of sp³-hybridized carbons (Fsp3) is 0.0476. The van der Waals surface area contributed by atoms with Crippen molar-refractivity contribution in [2.75, 3.05) is 12.4 Å². The van der Waals surface area contributed by atoms with Crippen LogP contribution in [0.5, 0.6) is 5.75 Å². The fourth-order valence-electron chi connectivity index (χ4n) is 2.52. The smallest absolute Gasteiger partial charge is 0.266 e. The molecule has 3 aromatic rings. The third kappa shape index (κ3) is 4.38. The lowest BCUT2D eigenvalue weighted by atomic mass is 10.2. The van der Waals surface area contributed by atoms with Crippen LogP contribution in [0.15, 0.2) is 72.4 Å². The van der Waals surface area contributed by atoms with Gasteiger partial charge in [-0.15, -0.1) is 0 Å². The van der Waals surface area contributed by atoms with Crippen molar-refractivity contribution in [3.05, 3.63) is 83.2 Å². The Morgan fingerprint density at radius 1 is 1.15 bits per heavy atom. The molecule has 0 saturated heterocycles. The third-order valence-corrected chi connectivity index (χ3v) is 4.14. The van der Waals surface area contributed by atoms with Crippen LogP contribution in [0.2, 0.25) is 5.02 Å². The Hall–Kier alpha value is -3.49. The standard InChI is InChI=1S/C21H16ClN3O2/c1-27-20-10-8-18(9-11-20)25-12-2-3-19(25)13-15(14-23)21(26)24-17-6-4-16(22)5-7-17/h2-13H,1H3,(H,24,26)/b15-13-. The van der Waals surface area contributed by atoms with E-state index in [4.69, 9.17) is 16.3 Å². The van der Waals surface area contributed by atoms with E-state index in [1.54, 1.807) is 37.5 Å². The summed E-state index contributed by atoms with van der Waals surface area (Å²) in [6.45, 7) is 0. The third-order valence-electron chi connectivity index (χ3n) is 3.89. The quantitative estimate of drug-likeness (QED) is 0.518. The molecule has 0 aliphatic carbocycles. The minimum Gasteiger partial charge on any atom is -0.497 e. The minimum absolute atomic E-state index is 0.00147. The largest absolute Gasteiger partial charge is 0.497 e. The maximum Gasteiger partial charge on any atom is 0.266 e. The second-order valence-corrected chi connectivity index (χ2v) is 6.07. The summed E-state index contributed by atoms with van der Waals surface area (Å²) in [5, 5.41) is 12.7. The zero-order valence-electron chi connectivity index (χ0n) is 14.5. The highest BCUT2D eigenvalue weighted by atomic mass is 35.5. The van der Waals surface area contributed by atoms with Crippen molar-refractivity contribution in [2.45, 2.75) is 0 Å². The number of methoxy groups -OCH3 is 1. The van der Waals surface area contributed by atoms with E-state index in [9.17, 15) is 10.1 Å². The number of halogens is 1. The molecule has 1 amide bonds. The van der Waals surface area contributed by atoms with Crippen LogP contribution >= 0.6 is 11.6 Å². The molecule has 5 nitrogen and oxygen atoms in total. The molecule has 6 heteroatoms. The molecule has 0 aliphatic rings. The Morgan fingerprint density at radius 2 is 1.85 bits per heavy atom. The normalized spacial score (nSPS) is 10.9. The molecule has 0 saturated carbocycles. The number of hydrogen-bond donors (Lipinski definition) is 1. The number of carbonyl (C=O) groups is 1. The molecule has 27 heavy (non-hydrogen) atoms. The topological polar surface area (TPSA) is 67.0 Å². The van der Waals surface area contributed by atoms with E-state index in [-0.39, 0.29) is 5.57 Å². The number of hydrogen-bond acceptors (Lipinski definition) is 3. The molecule has 0 spiro atoms. The predicted octanol–water partition coefficient (Wildman–Crippen LogP) is 4.68. The number of ether oxygens (including phenoxy) is 1. The molecule has 0 unspecified atom stereocenters. The summed E-state index contributed by atoms with van der Waals surface area (Å²) in [7, 11) is 1.61. The Balaban J connectivity index is 1.85. The van der Waals surface area contributed by atoms with Gasteiger partial charge >= 0.3 is 0 Å². The second-order valence-electron chi connectivity index (χ2n) is 5.63.